The molecule has 4 amide bonds. The standard InChI is InChI=1S/C32H39N7O5S/c1-32(2,3)44-31(42)37-24-11-8-7-10-23(24)34-28(40)26-15-13-20(19-33-26)22(12-9-17-39(4)5)35-29(41)38-30-36-25-16-14-21(43-6)18-27(25)45-30/h7-8,10-11,13-16,18-19,22H,9,12,17H2,1-6H3,(H,34,40)(H,37,42)(H2,35,36,38,41). The molecule has 2 aromatic carbocycles. The number of para-hydroxylation sites is 2. The van der Waals surface area contributed by atoms with Crippen molar-refractivity contribution in [3.05, 3.63) is 72.1 Å². The summed E-state index contributed by atoms with van der Waals surface area (Å²) in [5, 5.41) is 11.8. The Morgan fingerprint density at radius 1 is 0.978 bits per heavy atom. The molecule has 4 rings (SSSR count). The van der Waals surface area contributed by atoms with E-state index in [1.54, 1.807) is 70.5 Å². The number of hydrogen-bond donors (Lipinski definition) is 4. The molecule has 238 valence electrons. The lowest BCUT2D eigenvalue weighted by atomic mass is 10.0. The van der Waals surface area contributed by atoms with Gasteiger partial charge in [-0.3, -0.25) is 20.4 Å². The highest BCUT2D eigenvalue weighted by molar-refractivity contribution is 7.22. The highest BCUT2D eigenvalue weighted by Gasteiger charge is 2.20. The van der Waals surface area contributed by atoms with Gasteiger partial charge in [-0.2, -0.15) is 0 Å². The summed E-state index contributed by atoms with van der Waals surface area (Å²) in [4.78, 5) is 49.4. The fourth-order valence-corrected chi connectivity index (χ4v) is 5.25. The van der Waals surface area contributed by atoms with Crippen LogP contribution in [-0.2, 0) is 4.74 Å². The van der Waals surface area contributed by atoms with Crippen molar-refractivity contribution >= 4 is 56.1 Å². The summed E-state index contributed by atoms with van der Waals surface area (Å²) in [6.45, 7) is 6.14. The molecule has 2 aromatic heterocycles. The maximum atomic E-state index is 13.1. The molecule has 0 aliphatic rings. The van der Waals surface area contributed by atoms with Crippen molar-refractivity contribution in [2.45, 2.75) is 45.3 Å². The first-order valence-corrected chi connectivity index (χ1v) is 15.2. The van der Waals surface area contributed by atoms with Crippen LogP contribution in [0.1, 0.15) is 55.7 Å². The number of pyridine rings is 1. The van der Waals surface area contributed by atoms with E-state index in [1.807, 2.05) is 32.3 Å². The number of rotatable bonds is 11. The number of ether oxygens (including phenoxy) is 2. The number of urea groups is 1. The maximum absolute atomic E-state index is 13.1. The molecule has 0 saturated heterocycles. The molecule has 1 atom stereocenters. The van der Waals surface area contributed by atoms with Crippen LogP contribution in [0.4, 0.5) is 26.1 Å². The number of aromatic nitrogens is 2. The minimum Gasteiger partial charge on any atom is -0.497 e. The van der Waals surface area contributed by atoms with Crippen LogP contribution in [0.2, 0.25) is 0 Å². The highest BCUT2D eigenvalue weighted by Crippen LogP contribution is 2.29. The van der Waals surface area contributed by atoms with Crippen molar-refractivity contribution in [2.75, 3.05) is 43.7 Å². The summed E-state index contributed by atoms with van der Waals surface area (Å²) in [5.41, 5.74) is 1.80. The number of carbonyl (C=O) groups is 3. The lowest BCUT2D eigenvalue weighted by molar-refractivity contribution is 0.0635. The Labute approximate surface area is 266 Å². The molecule has 4 aromatic rings. The maximum Gasteiger partial charge on any atom is 0.412 e. The van der Waals surface area contributed by atoms with Crippen LogP contribution in [-0.4, -0.2) is 66.3 Å². The van der Waals surface area contributed by atoms with Gasteiger partial charge in [-0.1, -0.05) is 29.5 Å². The Morgan fingerprint density at radius 3 is 2.36 bits per heavy atom. The number of anilines is 3. The first-order valence-electron chi connectivity index (χ1n) is 14.4. The highest BCUT2D eigenvalue weighted by atomic mass is 32.1. The van der Waals surface area contributed by atoms with E-state index in [4.69, 9.17) is 9.47 Å². The molecule has 0 aliphatic heterocycles. The van der Waals surface area contributed by atoms with Gasteiger partial charge in [0.2, 0.25) is 0 Å². The van der Waals surface area contributed by atoms with E-state index in [-0.39, 0.29) is 11.7 Å². The molecule has 0 aliphatic carbocycles. The molecule has 0 bridgehead atoms. The van der Waals surface area contributed by atoms with Crippen LogP contribution in [0, 0.1) is 0 Å². The van der Waals surface area contributed by atoms with E-state index < -0.39 is 23.6 Å². The normalized spacial score (nSPS) is 12.0. The Balaban J connectivity index is 1.44. The lowest BCUT2D eigenvalue weighted by Gasteiger charge is -2.21. The van der Waals surface area contributed by atoms with E-state index >= 15 is 0 Å². The predicted molar refractivity (Wildman–Crippen MR) is 177 cm³/mol. The quantitative estimate of drug-likeness (QED) is 0.146. The number of carbonyl (C=O) groups excluding carboxylic acids is 3. The summed E-state index contributed by atoms with van der Waals surface area (Å²) >= 11 is 1.36. The Hall–Kier alpha value is -4.75. The average molecular weight is 634 g/mol. The molecular weight excluding hydrogens is 594 g/mol. The van der Waals surface area contributed by atoms with Crippen molar-refractivity contribution in [3.8, 4) is 5.75 Å². The molecule has 0 radical (unpaired) electrons. The minimum absolute atomic E-state index is 0.173. The van der Waals surface area contributed by atoms with Crippen molar-refractivity contribution in [3.63, 3.8) is 0 Å². The molecule has 13 heteroatoms. The fraction of sp³-hybridized carbons (Fsp3) is 0.344. The van der Waals surface area contributed by atoms with Crippen molar-refractivity contribution in [2.24, 2.45) is 0 Å². The second kappa shape index (κ2) is 14.8. The van der Waals surface area contributed by atoms with Gasteiger partial charge in [0.15, 0.2) is 5.13 Å². The summed E-state index contributed by atoms with van der Waals surface area (Å²) in [6, 6.07) is 15.0. The molecule has 12 nitrogen and oxygen atoms in total. The van der Waals surface area contributed by atoms with E-state index in [0.717, 1.165) is 34.5 Å². The van der Waals surface area contributed by atoms with Gasteiger partial charge in [0.1, 0.15) is 17.0 Å². The number of nitrogens with one attached hydrogen (secondary N) is 4. The zero-order valence-corrected chi connectivity index (χ0v) is 27.1. The fourth-order valence-electron chi connectivity index (χ4n) is 4.36. The average Bonchev–Trinajstić information content (AvgIpc) is 3.37. The lowest BCUT2D eigenvalue weighted by Crippen LogP contribution is -2.33. The number of hydrogen-bond acceptors (Lipinski definition) is 9. The topological polar surface area (TPSA) is 147 Å². The van der Waals surface area contributed by atoms with Gasteiger partial charge in [-0.15, -0.1) is 0 Å². The van der Waals surface area contributed by atoms with Gasteiger partial charge in [0.25, 0.3) is 5.91 Å². The van der Waals surface area contributed by atoms with Gasteiger partial charge < -0.3 is 25.0 Å². The van der Waals surface area contributed by atoms with Crippen molar-refractivity contribution in [1.29, 1.82) is 0 Å². The Kier molecular flexibility index (Phi) is 10.9. The minimum atomic E-state index is -0.669. The third-order valence-corrected chi connectivity index (χ3v) is 7.39. The summed E-state index contributed by atoms with van der Waals surface area (Å²) in [6.07, 6.45) is 2.43. The second-order valence-electron chi connectivity index (χ2n) is 11.6. The number of fused-ring (bicyclic) bond motifs is 1. The monoisotopic (exact) mass is 633 g/mol. The van der Waals surface area contributed by atoms with Gasteiger partial charge in [-0.25, -0.2) is 14.6 Å². The van der Waals surface area contributed by atoms with Gasteiger partial charge in [0.05, 0.1) is 34.7 Å². The van der Waals surface area contributed by atoms with E-state index in [9.17, 15) is 14.4 Å². The molecular formula is C32H39N7O5S. The molecule has 0 fully saturated rings. The molecule has 45 heavy (non-hydrogen) atoms. The molecule has 0 saturated carbocycles. The summed E-state index contributed by atoms with van der Waals surface area (Å²) in [5.74, 6) is 0.261. The van der Waals surface area contributed by atoms with E-state index in [2.05, 4.69) is 36.1 Å². The summed E-state index contributed by atoms with van der Waals surface area (Å²) in [7, 11) is 5.59. The number of nitrogens with zero attached hydrogens (tertiary/aromatic N) is 3. The van der Waals surface area contributed by atoms with Crippen LogP contribution >= 0.6 is 11.3 Å². The van der Waals surface area contributed by atoms with Gasteiger partial charge in [0, 0.05) is 6.20 Å². The molecule has 0 spiro atoms. The zero-order valence-electron chi connectivity index (χ0n) is 26.3. The predicted octanol–water partition coefficient (Wildman–Crippen LogP) is 6.50. The summed E-state index contributed by atoms with van der Waals surface area (Å²) < 4.78 is 11.5. The molecule has 4 N–H and O–H groups in total. The van der Waals surface area contributed by atoms with Crippen LogP contribution in [0.3, 0.4) is 0 Å². The first kappa shape index (κ1) is 33.1. The molecule has 2 heterocycles. The van der Waals surface area contributed by atoms with Crippen molar-refractivity contribution in [1.82, 2.24) is 20.2 Å². The largest absolute Gasteiger partial charge is 0.497 e. The third-order valence-electron chi connectivity index (χ3n) is 6.45. The third kappa shape index (κ3) is 9.88. The molecule has 1 unspecified atom stereocenters. The Bertz CT molecular complexity index is 1630. The van der Waals surface area contributed by atoms with E-state index in [0.29, 0.717) is 22.9 Å². The van der Waals surface area contributed by atoms with Crippen LogP contribution < -0.4 is 26.0 Å². The first-order chi connectivity index (χ1) is 21.4. The van der Waals surface area contributed by atoms with Gasteiger partial charge >= 0.3 is 12.1 Å². The number of benzene rings is 2. The van der Waals surface area contributed by atoms with Crippen molar-refractivity contribution < 1.29 is 23.9 Å². The van der Waals surface area contributed by atoms with Crippen LogP contribution in [0.15, 0.2) is 60.8 Å². The van der Waals surface area contributed by atoms with Gasteiger partial charge in [-0.05, 0) is 96.2 Å². The smallest absolute Gasteiger partial charge is 0.412 e. The SMILES string of the molecule is COc1ccc2nc(NC(=O)NC(CCCN(C)C)c3ccc(C(=O)Nc4ccccc4NC(=O)OC(C)(C)C)nc3)sc2c1. The van der Waals surface area contributed by atoms with Crippen LogP contribution in [0.25, 0.3) is 10.2 Å². The Morgan fingerprint density at radius 2 is 1.71 bits per heavy atom. The van der Waals surface area contributed by atoms with E-state index in [1.165, 1.54) is 11.3 Å². The van der Waals surface area contributed by atoms with Crippen LogP contribution in [0.5, 0.6) is 5.75 Å². The number of amides is 4. The number of methoxy groups -OCH3 is 1. The number of thiazole rings is 1. The second-order valence-corrected chi connectivity index (χ2v) is 12.6. The zero-order chi connectivity index (χ0) is 32.6.